The standard InChI is InChI=1S/C13H19FN2O2S/c1-9-5-11(14)7-12(6-9)19(17,18)16-13-4-2-3-10(13)8-15/h5-7,10,13,16H,2-4,8,15H2,1H3/t10-,13+/m1/s1. The Morgan fingerprint density at radius 1 is 1.37 bits per heavy atom. The molecular weight excluding hydrogens is 267 g/mol. The Kier molecular flexibility index (Phi) is 4.23. The number of hydrogen-bond donors (Lipinski definition) is 2. The van der Waals surface area contributed by atoms with Crippen molar-refractivity contribution in [3.05, 3.63) is 29.6 Å². The molecule has 0 spiro atoms. The van der Waals surface area contributed by atoms with Crippen LogP contribution in [0.4, 0.5) is 4.39 Å². The van der Waals surface area contributed by atoms with Crippen molar-refractivity contribution in [1.82, 2.24) is 4.72 Å². The molecule has 3 N–H and O–H groups in total. The number of nitrogens with two attached hydrogens (primary N) is 1. The minimum absolute atomic E-state index is 0.0207. The molecule has 4 nitrogen and oxygen atoms in total. The Bertz CT molecular complexity index is 540. The third-order valence-electron chi connectivity index (χ3n) is 3.59. The summed E-state index contributed by atoms with van der Waals surface area (Å²) in [6.07, 6.45) is 2.69. The van der Waals surface area contributed by atoms with Crippen molar-refractivity contribution in [2.24, 2.45) is 11.7 Å². The van der Waals surface area contributed by atoms with E-state index in [1.54, 1.807) is 6.92 Å². The third-order valence-corrected chi connectivity index (χ3v) is 5.06. The fraction of sp³-hybridized carbons (Fsp3) is 0.538. The average molecular weight is 286 g/mol. The van der Waals surface area contributed by atoms with Gasteiger partial charge in [0.05, 0.1) is 4.90 Å². The van der Waals surface area contributed by atoms with Crippen LogP contribution >= 0.6 is 0 Å². The molecule has 0 amide bonds. The minimum Gasteiger partial charge on any atom is -0.330 e. The van der Waals surface area contributed by atoms with Gasteiger partial charge < -0.3 is 5.73 Å². The summed E-state index contributed by atoms with van der Waals surface area (Å²) in [7, 11) is -3.68. The summed E-state index contributed by atoms with van der Waals surface area (Å²) in [4.78, 5) is -0.0207. The van der Waals surface area contributed by atoms with Gasteiger partial charge in [-0.2, -0.15) is 0 Å². The zero-order valence-electron chi connectivity index (χ0n) is 10.9. The van der Waals surface area contributed by atoms with Crippen molar-refractivity contribution < 1.29 is 12.8 Å². The molecule has 0 bridgehead atoms. The molecule has 1 aromatic carbocycles. The predicted molar refractivity (Wildman–Crippen MR) is 71.6 cm³/mol. The highest BCUT2D eigenvalue weighted by Crippen LogP contribution is 2.26. The molecule has 0 unspecified atom stereocenters. The summed E-state index contributed by atoms with van der Waals surface area (Å²) in [5.74, 6) is -0.369. The lowest BCUT2D eigenvalue weighted by Crippen LogP contribution is -2.39. The molecule has 0 heterocycles. The van der Waals surface area contributed by atoms with Gasteiger partial charge in [-0.05, 0) is 56.0 Å². The van der Waals surface area contributed by atoms with E-state index in [0.29, 0.717) is 12.1 Å². The summed E-state index contributed by atoms with van der Waals surface area (Å²) < 4.78 is 40.4. The van der Waals surface area contributed by atoms with Gasteiger partial charge in [-0.15, -0.1) is 0 Å². The van der Waals surface area contributed by atoms with E-state index in [4.69, 9.17) is 5.73 Å². The molecule has 1 saturated carbocycles. The van der Waals surface area contributed by atoms with E-state index in [0.717, 1.165) is 25.3 Å². The molecule has 1 fully saturated rings. The van der Waals surface area contributed by atoms with Gasteiger partial charge >= 0.3 is 0 Å². The maximum atomic E-state index is 13.3. The first-order valence-electron chi connectivity index (χ1n) is 6.42. The second kappa shape index (κ2) is 5.56. The van der Waals surface area contributed by atoms with Crippen LogP contribution in [0.3, 0.4) is 0 Å². The monoisotopic (exact) mass is 286 g/mol. The van der Waals surface area contributed by atoms with Crippen molar-refractivity contribution in [3.63, 3.8) is 0 Å². The van der Waals surface area contributed by atoms with E-state index >= 15 is 0 Å². The van der Waals surface area contributed by atoms with Gasteiger partial charge in [-0.25, -0.2) is 17.5 Å². The Hall–Kier alpha value is -0.980. The zero-order valence-corrected chi connectivity index (χ0v) is 11.7. The maximum Gasteiger partial charge on any atom is 0.240 e. The zero-order chi connectivity index (χ0) is 14.0. The van der Waals surface area contributed by atoms with E-state index in [-0.39, 0.29) is 16.9 Å². The molecule has 1 aliphatic carbocycles. The maximum absolute atomic E-state index is 13.3. The van der Waals surface area contributed by atoms with Crippen molar-refractivity contribution >= 4 is 10.0 Å². The molecule has 1 aromatic rings. The van der Waals surface area contributed by atoms with Crippen LogP contribution < -0.4 is 10.5 Å². The highest BCUT2D eigenvalue weighted by atomic mass is 32.2. The lowest BCUT2D eigenvalue weighted by Gasteiger charge is -2.19. The Morgan fingerprint density at radius 3 is 2.74 bits per heavy atom. The van der Waals surface area contributed by atoms with Crippen LogP contribution in [0.5, 0.6) is 0 Å². The van der Waals surface area contributed by atoms with Crippen LogP contribution in [-0.4, -0.2) is 21.0 Å². The summed E-state index contributed by atoms with van der Waals surface area (Å²) in [6, 6.07) is 3.68. The Morgan fingerprint density at radius 2 is 2.11 bits per heavy atom. The molecule has 6 heteroatoms. The average Bonchev–Trinajstić information content (AvgIpc) is 2.74. The number of nitrogens with one attached hydrogen (secondary N) is 1. The number of halogens is 1. The first-order valence-corrected chi connectivity index (χ1v) is 7.90. The number of benzene rings is 1. The second-order valence-electron chi connectivity index (χ2n) is 5.12. The van der Waals surface area contributed by atoms with E-state index in [9.17, 15) is 12.8 Å². The molecule has 2 atom stereocenters. The number of hydrogen-bond acceptors (Lipinski definition) is 3. The van der Waals surface area contributed by atoms with E-state index in [1.165, 1.54) is 12.1 Å². The van der Waals surface area contributed by atoms with Crippen molar-refractivity contribution in [2.45, 2.75) is 37.1 Å². The van der Waals surface area contributed by atoms with E-state index < -0.39 is 15.8 Å². The van der Waals surface area contributed by atoms with Crippen LogP contribution in [0.2, 0.25) is 0 Å². The van der Waals surface area contributed by atoms with Gasteiger partial charge in [0.1, 0.15) is 5.82 Å². The highest BCUT2D eigenvalue weighted by molar-refractivity contribution is 7.89. The highest BCUT2D eigenvalue weighted by Gasteiger charge is 2.30. The topological polar surface area (TPSA) is 72.2 Å². The minimum atomic E-state index is -3.68. The first kappa shape index (κ1) is 14.4. The number of rotatable bonds is 4. The molecule has 0 saturated heterocycles. The van der Waals surface area contributed by atoms with Crippen LogP contribution in [-0.2, 0) is 10.0 Å². The largest absolute Gasteiger partial charge is 0.330 e. The predicted octanol–water partition coefficient (Wildman–Crippen LogP) is 1.54. The quantitative estimate of drug-likeness (QED) is 0.882. The number of aryl methyl sites for hydroxylation is 1. The Balaban J connectivity index is 2.22. The van der Waals surface area contributed by atoms with Gasteiger partial charge in [-0.3, -0.25) is 0 Å². The van der Waals surface area contributed by atoms with Crippen molar-refractivity contribution in [2.75, 3.05) is 6.54 Å². The fourth-order valence-electron chi connectivity index (χ4n) is 2.60. The molecule has 106 valence electrons. The lowest BCUT2D eigenvalue weighted by atomic mass is 10.1. The van der Waals surface area contributed by atoms with Crippen molar-refractivity contribution in [1.29, 1.82) is 0 Å². The Labute approximate surface area is 113 Å². The fourth-order valence-corrected chi connectivity index (χ4v) is 4.05. The van der Waals surface area contributed by atoms with Crippen molar-refractivity contribution in [3.8, 4) is 0 Å². The second-order valence-corrected chi connectivity index (χ2v) is 6.83. The van der Waals surface area contributed by atoms with Gasteiger partial charge in [0.25, 0.3) is 0 Å². The molecule has 0 aromatic heterocycles. The smallest absolute Gasteiger partial charge is 0.240 e. The number of sulfonamides is 1. The van der Waals surface area contributed by atoms with Gasteiger partial charge in [0, 0.05) is 6.04 Å². The third kappa shape index (κ3) is 3.32. The summed E-state index contributed by atoms with van der Waals surface area (Å²) in [6.45, 7) is 2.13. The summed E-state index contributed by atoms with van der Waals surface area (Å²) >= 11 is 0. The molecule has 0 aliphatic heterocycles. The van der Waals surface area contributed by atoms with Gasteiger partial charge in [0.2, 0.25) is 10.0 Å². The van der Waals surface area contributed by atoms with E-state index in [2.05, 4.69) is 4.72 Å². The van der Waals surface area contributed by atoms with E-state index in [1.807, 2.05) is 0 Å². The summed E-state index contributed by atoms with van der Waals surface area (Å²) in [5.41, 5.74) is 6.22. The SMILES string of the molecule is Cc1cc(F)cc(S(=O)(=O)N[C@H]2CCC[C@@H]2CN)c1. The first-order chi connectivity index (χ1) is 8.92. The van der Waals surface area contributed by atoms with Crippen LogP contribution in [0.25, 0.3) is 0 Å². The van der Waals surface area contributed by atoms with Crippen LogP contribution in [0, 0.1) is 18.7 Å². The van der Waals surface area contributed by atoms with Gasteiger partial charge in [-0.1, -0.05) is 6.42 Å². The van der Waals surface area contributed by atoms with Crippen LogP contribution in [0.15, 0.2) is 23.1 Å². The molecule has 19 heavy (non-hydrogen) atoms. The molecule has 0 radical (unpaired) electrons. The molecule has 1 aliphatic rings. The van der Waals surface area contributed by atoms with Gasteiger partial charge in [0.15, 0.2) is 0 Å². The molecular formula is C13H19FN2O2S. The van der Waals surface area contributed by atoms with Crippen LogP contribution in [0.1, 0.15) is 24.8 Å². The summed E-state index contributed by atoms with van der Waals surface area (Å²) in [5, 5.41) is 0. The molecule has 2 rings (SSSR count). The lowest BCUT2D eigenvalue weighted by molar-refractivity contribution is 0.452. The normalized spacial score (nSPS) is 23.7.